The van der Waals surface area contributed by atoms with Gasteiger partial charge in [-0.2, -0.15) is 0 Å². The first kappa shape index (κ1) is 91.1. The number of phosphoric acid groups is 2. The summed E-state index contributed by atoms with van der Waals surface area (Å²) in [6.07, 6.45) is 50.0. The van der Waals surface area contributed by atoms with Crippen LogP contribution in [0.3, 0.4) is 0 Å². The van der Waals surface area contributed by atoms with Gasteiger partial charge in [0.25, 0.3) is 0 Å². The van der Waals surface area contributed by atoms with Crippen molar-refractivity contribution in [2.75, 3.05) is 39.6 Å². The van der Waals surface area contributed by atoms with Crippen molar-refractivity contribution in [3.63, 3.8) is 0 Å². The Morgan fingerprint density at radius 1 is 0.312 bits per heavy atom. The highest BCUT2D eigenvalue weighted by atomic mass is 31.2. The zero-order valence-electron chi connectivity index (χ0n) is 60.7. The van der Waals surface area contributed by atoms with Crippen LogP contribution in [0.5, 0.6) is 0 Å². The molecule has 0 aliphatic carbocycles. The zero-order chi connectivity index (χ0) is 68.7. The molecule has 0 saturated carbocycles. The van der Waals surface area contributed by atoms with Crippen molar-refractivity contribution in [2.45, 2.75) is 394 Å². The number of aliphatic hydroxyl groups excluding tert-OH is 1. The second-order valence-electron chi connectivity index (χ2n) is 27.9. The SMILES string of the molecule is CCCCCCCCCCCC(=O)OC[C@H](COP(=O)(O)OC[C@H](O)COP(=O)(O)OC[C@@H](COC(=O)CCCCCCCCCCCCCCCCC(C)C)OC(=O)CCCCCCCCCCCCCCCCC(C)C)OC(=O)CCCCCCCCC(C)CC. The summed E-state index contributed by atoms with van der Waals surface area (Å²) < 4.78 is 68.4. The van der Waals surface area contributed by atoms with Crippen molar-refractivity contribution in [2.24, 2.45) is 17.8 Å². The Labute approximate surface area is 568 Å². The Morgan fingerprint density at radius 2 is 0.548 bits per heavy atom. The van der Waals surface area contributed by atoms with Crippen molar-refractivity contribution >= 4 is 39.5 Å². The van der Waals surface area contributed by atoms with Crippen molar-refractivity contribution < 1.29 is 80.2 Å². The van der Waals surface area contributed by atoms with E-state index in [4.69, 9.17) is 37.0 Å². The smallest absolute Gasteiger partial charge is 0.462 e. The molecular weight excluding hydrogens is 1220 g/mol. The van der Waals surface area contributed by atoms with Gasteiger partial charge in [-0.1, -0.05) is 325 Å². The Hall–Kier alpha value is -1.94. The Morgan fingerprint density at radius 3 is 0.817 bits per heavy atom. The number of unbranched alkanes of at least 4 members (excludes halogenated alkanes) is 39. The largest absolute Gasteiger partial charge is 0.472 e. The standard InChI is InChI=1S/C74H144O17P2/c1-8-10-11-12-13-26-33-41-48-55-71(76)84-62-70(91-74(79)58-51-44-37-36-40-47-54-67(7)9-2)64-89-93(82,83)87-60-68(75)59-86-92(80,81)88-63-69(90-73(78)57-50-43-35-30-25-21-17-15-19-23-28-32-39-46-53-66(5)6)61-85-72(77)56-49-42-34-29-24-20-16-14-18-22-27-31-38-45-52-65(3)4/h65-70,75H,8-64H2,1-7H3,(H,80,81)(H,82,83)/t67?,68-,69-,70-/m1/s1. The second kappa shape index (κ2) is 64.7. The summed E-state index contributed by atoms with van der Waals surface area (Å²) in [4.78, 5) is 72.6. The molecule has 0 aromatic heterocycles. The van der Waals surface area contributed by atoms with Gasteiger partial charge in [0.1, 0.15) is 19.3 Å². The molecule has 17 nitrogen and oxygen atoms in total. The lowest BCUT2D eigenvalue weighted by Crippen LogP contribution is -2.30. The number of rotatable bonds is 72. The van der Waals surface area contributed by atoms with Crippen LogP contribution < -0.4 is 0 Å². The van der Waals surface area contributed by atoms with E-state index in [1.165, 1.54) is 186 Å². The molecule has 0 rings (SSSR count). The molecule has 0 fully saturated rings. The van der Waals surface area contributed by atoms with Gasteiger partial charge in [0, 0.05) is 25.7 Å². The molecule has 0 radical (unpaired) electrons. The van der Waals surface area contributed by atoms with Crippen LogP contribution in [0.1, 0.15) is 376 Å². The van der Waals surface area contributed by atoms with Crippen LogP contribution in [0, 0.1) is 17.8 Å². The minimum absolute atomic E-state index is 0.103. The van der Waals surface area contributed by atoms with Crippen LogP contribution in [0.25, 0.3) is 0 Å². The van der Waals surface area contributed by atoms with Crippen LogP contribution >= 0.6 is 15.6 Å². The fourth-order valence-electron chi connectivity index (χ4n) is 11.2. The molecular formula is C74H144O17P2. The van der Waals surface area contributed by atoms with Crippen LogP contribution in [-0.2, 0) is 65.4 Å². The number of carbonyl (C=O) groups excluding carboxylic acids is 4. The van der Waals surface area contributed by atoms with E-state index in [-0.39, 0.29) is 25.7 Å². The van der Waals surface area contributed by atoms with E-state index in [1.807, 2.05) is 0 Å². The quantitative estimate of drug-likeness (QED) is 0.0222. The molecule has 0 heterocycles. The summed E-state index contributed by atoms with van der Waals surface area (Å²) in [5, 5.41) is 10.6. The third-order valence-corrected chi connectivity index (χ3v) is 19.4. The maximum absolute atomic E-state index is 13.1. The normalized spacial score (nSPS) is 14.4. The maximum Gasteiger partial charge on any atom is 0.472 e. The van der Waals surface area contributed by atoms with Gasteiger partial charge in [0.2, 0.25) is 0 Å². The first-order valence-corrected chi connectivity index (χ1v) is 41.4. The minimum Gasteiger partial charge on any atom is -0.462 e. The molecule has 0 aromatic rings. The van der Waals surface area contributed by atoms with E-state index >= 15 is 0 Å². The van der Waals surface area contributed by atoms with Gasteiger partial charge in [0.05, 0.1) is 26.4 Å². The first-order chi connectivity index (χ1) is 44.8. The molecule has 6 atom stereocenters. The second-order valence-corrected chi connectivity index (χ2v) is 30.8. The number of phosphoric ester groups is 2. The average molecular weight is 1370 g/mol. The predicted molar refractivity (Wildman–Crippen MR) is 377 cm³/mol. The third-order valence-electron chi connectivity index (χ3n) is 17.5. The summed E-state index contributed by atoms with van der Waals surface area (Å²) >= 11 is 0. The van der Waals surface area contributed by atoms with Crippen molar-refractivity contribution in [3.8, 4) is 0 Å². The molecule has 0 amide bonds. The van der Waals surface area contributed by atoms with E-state index in [0.717, 1.165) is 108 Å². The molecule has 3 N–H and O–H groups in total. The molecule has 19 heteroatoms. The summed E-state index contributed by atoms with van der Waals surface area (Å²) in [7, 11) is -9.91. The number of hydrogen-bond acceptors (Lipinski definition) is 15. The van der Waals surface area contributed by atoms with Crippen LogP contribution in [0.4, 0.5) is 0 Å². The Bertz CT molecular complexity index is 1820. The van der Waals surface area contributed by atoms with E-state index in [9.17, 15) is 43.2 Å². The van der Waals surface area contributed by atoms with Crippen LogP contribution in [0.2, 0.25) is 0 Å². The Kier molecular flexibility index (Phi) is 63.4. The lowest BCUT2D eigenvalue weighted by molar-refractivity contribution is -0.161. The van der Waals surface area contributed by atoms with Gasteiger partial charge in [-0.3, -0.25) is 37.3 Å². The monoisotopic (exact) mass is 1370 g/mol. The summed E-state index contributed by atoms with van der Waals surface area (Å²) in [5.74, 6) is 0.191. The molecule has 0 aliphatic rings. The van der Waals surface area contributed by atoms with Crippen molar-refractivity contribution in [1.29, 1.82) is 0 Å². The van der Waals surface area contributed by atoms with Gasteiger partial charge in [-0.05, 0) is 43.4 Å². The lowest BCUT2D eigenvalue weighted by Gasteiger charge is -2.21. The van der Waals surface area contributed by atoms with Crippen molar-refractivity contribution in [3.05, 3.63) is 0 Å². The molecule has 0 spiro atoms. The number of carbonyl (C=O) groups is 4. The van der Waals surface area contributed by atoms with Gasteiger partial charge in [0.15, 0.2) is 12.2 Å². The van der Waals surface area contributed by atoms with Gasteiger partial charge < -0.3 is 33.8 Å². The zero-order valence-corrected chi connectivity index (χ0v) is 62.5. The highest BCUT2D eigenvalue weighted by molar-refractivity contribution is 7.47. The highest BCUT2D eigenvalue weighted by Crippen LogP contribution is 2.45. The fourth-order valence-corrected chi connectivity index (χ4v) is 12.8. The maximum atomic E-state index is 13.1. The summed E-state index contributed by atoms with van der Waals surface area (Å²) in [6, 6.07) is 0. The number of aliphatic hydroxyl groups is 1. The Balaban J connectivity index is 5.22. The molecule has 0 aromatic carbocycles. The van der Waals surface area contributed by atoms with Crippen LogP contribution in [0.15, 0.2) is 0 Å². The number of esters is 4. The van der Waals surface area contributed by atoms with Crippen molar-refractivity contribution in [1.82, 2.24) is 0 Å². The van der Waals surface area contributed by atoms with E-state index in [1.54, 1.807) is 0 Å². The first-order valence-electron chi connectivity index (χ1n) is 38.4. The summed E-state index contributed by atoms with van der Waals surface area (Å²) in [6.45, 7) is 11.9. The average Bonchev–Trinajstić information content (AvgIpc) is 2.34. The molecule has 3 unspecified atom stereocenters. The molecule has 93 heavy (non-hydrogen) atoms. The van der Waals surface area contributed by atoms with Gasteiger partial charge in [-0.15, -0.1) is 0 Å². The molecule has 0 aliphatic heterocycles. The third kappa shape index (κ3) is 67.0. The fraction of sp³-hybridized carbons (Fsp3) is 0.946. The summed E-state index contributed by atoms with van der Waals surface area (Å²) in [5.41, 5.74) is 0. The molecule has 0 bridgehead atoms. The minimum atomic E-state index is -4.96. The van der Waals surface area contributed by atoms with Gasteiger partial charge >= 0.3 is 39.5 Å². The van der Waals surface area contributed by atoms with Gasteiger partial charge in [-0.25, -0.2) is 9.13 Å². The van der Waals surface area contributed by atoms with E-state index < -0.39 is 97.5 Å². The topological polar surface area (TPSA) is 237 Å². The van der Waals surface area contributed by atoms with E-state index in [2.05, 4.69) is 48.5 Å². The molecule has 0 saturated heterocycles. The van der Waals surface area contributed by atoms with E-state index in [0.29, 0.717) is 25.7 Å². The van der Waals surface area contributed by atoms with Crippen LogP contribution in [-0.4, -0.2) is 96.7 Å². The molecule has 552 valence electrons. The lowest BCUT2D eigenvalue weighted by atomic mass is 10.00. The predicted octanol–water partition coefficient (Wildman–Crippen LogP) is 21.4. The number of ether oxygens (including phenoxy) is 4. The number of hydrogen-bond donors (Lipinski definition) is 3. The highest BCUT2D eigenvalue weighted by Gasteiger charge is 2.30.